The molecule has 0 bridgehead atoms. The third-order valence-electron chi connectivity index (χ3n) is 5.98. The standard InChI is InChI=1S/C23H36N6O11S/c24-8-2-1-3-13(23(39)40)27-22(38)15(10-41)29-21(37)14(9-18(33)34)28-20(36)12(5-7-17(31)32)26-19(35)11-4-6-16(30)25-11/h11-15,41H,1-10,24H2,(H,25,30)(H,26,35)(H,27,38)(H,28,36)(H,29,37)(H,31,32)(H,33,34)(H,39,40). The quantitative estimate of drug-likeness (QED) is 0.0512. The highest BCUT2D eigenvalue weighted by Gasteiger charge is 2.34. The maximum Gasteiger partial charge on any atom is 0.326 e. The number of aliphatic carboxylic acids is 3. The predicted molar refractivity (Wildman–Crippen MR) is 142 cm³/mol. The summed E-state index contributed by atoms with van der Waals surface area (Å²) in [4.78, 5) is 96.4. The van der Waals surface area contributed by atoms with Gasteiger partial charge in [0, 0.05) is 18.6 Å². The highest BCUT2D eigenvalue weighted by atomic mass is 32.1. The summed E-state index contributed by atoms with van der Waals surface area (Å²) in [6, 6.07) is -6.94. The molecule has 1 saturated heterocycles. The summed E-state index contributed by atoms with van der Waals surface area (Å²) in [5.41, 5.74) is 5.39. The molecule has 0 aromatic carbocycles. The van der Waals surface area contributed by atoms with Gasteiger partial charge in [0.15, 0.2) is 0 Å². The van der Waals surface area contributed by atoms with Crippen LogP contribution in [0.2, 0.25) is 0 Å². The molecule has 0 spiro atoms. The zero-order valence-corrected chi connectivity index (χ0v) is 23.0. The fourth-order valence-electron chi connectivity index (χ4n) is 3.76. The second-order valence-corrected chi connectivity index (χ2v) is 9.60. The molecule has 17 nitrogen and oxygen atoms in total. The molecule has 10 N–H and O–H groups in total. The Balaban J connectivity index is 2.98. The first kappa shape index (κ1) is 35.1. The van der Waals surface area contributed by atoms with Crippen LogP contribution in [-0.2, 0) is 38.4 Å². The van der Waals surface area contributed by atoms with E-state index in [4.69, 9.17) is 10.8 Å². The van der Waals surface area contributed by atoms with Crippen LogP contribution in [-0.4, -0.2) is 105 Å². The lowest BCUT2D eigenvalue weighted by Gasteiger charge is -2.25. The van der Waals surface area contributed by atoms with Gasteiger partial charge in [-0.3, -0.25) is 33.6 Å². The second-order valence-electron chi connectivity index (χ2n) is 9.24. The molecule has 5 atom stereocenters. The lowest BCUT2D eigenvalue weighted by Crippen LogP contribution is -2.59. The van der Waals surface area contributed by atoms with Crippen molar-refractivity contribution in [1.29, 1.82) is 0 Å². The number of hydrogen-bond donors (Lipinski definition) is 10. The van der Waals surface area contributed by atoms with Crippen molar-refractivity contribution in [3.8, 4) is 0 Å². The predicted octanol–water partition coefficient (Wildman–Crippen LogP) is -3.31. The number of carboxylic acids is 3. The van der Waals surface area contributed by atoms with Crippen molar-refractivity contribution in [2.24, 2.45) is 5.73 Å². The summed E-state index contributed by atoms with van der Waals surface area (Å²) in [7, 11) is 0. The van der Waals surface area contributed by atoms with Crippen LogP contribution in [0.3, 0.4) is 0 Å². The van der Waals surface area contributed by atoms with Crippen molar-refractivity contribution >= 4 is 60.1 Å². The van der Waals surface area contributed by atoms with E-state index in [2.05, 4.69) is 39.2 Å². The molecule has 0 aliphatic carbocycles. The first-order valence-corrected chi connectivity index (χ1v) is 13.4. The minimum Gasteiger partial charge on any atom is -0.481 e. The molecule has 0 aromatic rings. The Morgan fingerprint density at radius 1 is 0.829 bits per heavy atom. The molecule has 5 amide bonds. The smallest absolute Gasteiger partial charge is 0.326 e. The maximum atomic E-state index is 13.0. The number of rotatable bonds is 19. The summed E-state index contributed by atoms with van der Waals surface area (Å²) < 4.78 is 0. The van der Waals surface area contributed by atoms with Gasteiger partial charge in [-0.2, -0.15) is 12.6 Å². The topological polar surface area (TPSA) is 283 Å². The number of hydrogen-bond acceptors (Lipinski definition) is 10. The molecule has 41 heavy (non-hydrogen) atoms. The normalized spacial score (nSPS) is 17.2. The molecular formula is C23H36N6O11S. The van der Waals surface area contributed by atoms with Crippen LogP contribution in [0, 0.1) is 0 Å². The summed E-state index contributed by atoms with van der Waals surface area (Å²) in [6.07, 6.45) is -0.723. The second kappa shape index (κ2) is 17.7. The Morgan fingerprint density at radius 2 is 1.41 bits per heavy atom. The largest absolute Gasteiger partial charge is 0.481 e. The SMILES string of the molecule is NCCCCC(NC(=O)C(CS)NC(=O)C(CC(=O)O)NC(=O)C(CCC(=O)O)NC(=O)C1CCC(=O)N1)C(=O)O. The molecule has 230 valence electrons. The minimum absolute atomic E-state index is 0.0667. The fourth-order valence-corrected chi connectivity index (χ4v) is 4.02. The van der Waals surface area contributed by atoms with Crippen LogP contribution in [0.4, 0.5) is 0 Å². The molecule has 1 fully saturated rings. The zero-order chi connectivity index (χ0) is 31.1. The van der Waals surface area contributed by atoms with Crippen LogP contribution in [0.5, 0.6) is 0 Å². The third-order valence-corrected chi connectivity index (χ3v) is 6.35. The van der Waals surface area contributed by atoms with Crippen LogP contribution in [0.15, 0.2) is 0 Å². The van der Waals surface area contributed by atoms with Gasteiger partial charge in [0.2, 0.25) is 29.5 Å². The van der Waals surface area contributed by atoms with Crippen LogP contribution < -0.4 is 32.3 Å². The Kier molecular flexibility index (Phi) is 15.1. The third kappa shape index (κ3) is 12.9. The van der Waals surface area contributed by atoms with Gasteiger partial charge < -0.3 is 47.6 Å². The molecule has 1 aliphatic heterocycles. The van der Waals surface area contributed by atoms with Crippen molar-refractivity contribution in [2.45, 2.75) is 81.6 Å². The van der Waals surface area contributed by atoms with E-state index in [1.807, 2.05) is 0 Å². The lowest BCUT2D eigenvalue weighted by atomic mass is 10.1. The number of unbranched alkanes of at least 4 members (excludes halogenated alkanes) is 1. The van der Waals surface area contributed by atoms with Crippen LogP contribution >= 0.6 is 12.6 Å². The summed E-state index contributed by atoms with van der Waals surface area (Å²) in [5, 5.41) is 39.0. The van der Waals surface area contributed by atoms with E-state index >= 15 is 0 Å². The van der Waals surface area contributed by atoms with Crippen molar-refractivity contribution in [2.75, 3.05) is 12.3 Å². The molecule has 1 aliphatic rings. The van der Waals surface area contributed by atoms with Crippen LogP contribution in [0.25, 0.3) is 0 Å². The number of amides is 5. The number of carbonyl (C=O) groups is 8. The Hall–Kier alpha value is -3.93. The number of nitrogens with one attached hydrogen (secondary N) is 5. The summed E-state index contributed by atoms with van der Waals surface area (Å²) in [5.74, 6) is -8.72. The minimum atomic E-state index is -1.77. The number of nitrogens with two attached hydrogens (primary N) is 1. The Bertz CT molecular complexity index is 1010. The van der Waals surface area contributed by atoms with Gasteiger partial charge in [0.05, 0.1) is 6.42 Å². The average Bonchev–Trinajstić information content (AvgIpc) is 3.34. The fraction of sp³-hybridized carbons (Fsp3) is 0.652. The summed E-state index contributed by atoms with van der Waals surface area (Å²) >= 11 is 3.99. The van der Waals surface area contributed by atoms with E-state index in [0.29, 0.717) is 19.4 Å². The number of thiol groups is 1. The van der Waals surface area contributed by atoms with E-state index in [0.717, 1.165) is 0 Å². The van der Waals surface area contributed by atoms with Crippen molar-refractivity contribution in [3.05, 3.63) is 0 Å². The van der Waals surface area contributed by atoms with Gasteiger partial charge in [0.1, 0.15) is 30.2 Å². The van der Waals surface area contributed by atoms with Gasteiger partial charge in [-0.1, -0.05) is 0 Å². The zero-order valence-electron chi connectivity index (χ0n) is 22.1. The van der Waals surface area contributed by atoms with Gasteiger partial charge in [-0.25, -0.2) is 4.79 Å². The highest BCUT2D eigenvalue weighted by molar-refractivity contribution is 7.80. The molecule has 0 saturated carbocycles. The Labute approximate surface area is 240 Å². The number of carbonyl (C=O) groups excluding carboxylic acids is 5. The van der Waals surface area contributed by atoms with Crippen molar-refractivity contribution in [1.82, 2.24) is 26.6 Å². The van der Waals surface area contributed by atoms with E-state index in [9.17, 15) is 48.6 Å². The van der Waals surface area contributed by atoms with Gasteiger partial charge in [-0.05, 0) is 38.6 Å². The molecule has 5 unspecified atom stereocenters. The highest BCUT2D eigenvalue weighted by Crippen LogP contribution is 2.09. The lowest BCUT2D eigenvalue weighted by molar-refractivity contribution is -0.143. The average molecular weight is 605 g/mol. The molecule has 0 radical (unpaired) electrons. The number of carboxylic acid groups (broad SMARTS) is 3. The molecule has 0 aromatic heterocycles. The van der Waals surface area contributed by atoms with Gasteiger partial charge in [-0.15, -0.1) is 0 Å². The van der Waals surface area contributed by atoms with Crippen molar-refractivity contribution < 1.29 is 53.7 Å². The first-order valence-electron chi connectivity index (χ1n) is 12.8. The monoisotopic (exact) mass is 604 g/mol. The van der Waals surface area contributed by atoms with E-state index < -0.39 is 91.0 Å². The van der Waals surface area contributed by atoms with E-state index in [1.54, 1.807) is 0 Å². The van der Waals surface area contributed by atoms with Gasteiger partial charge in [0.25, 0.3) is 0 Å². The van der Waals surface area contributed by atoms with Gasteiger partial charge >= 0.3 is 17.9 Å². The van der Waals surface area contributed by atoms with E-state index in [-0.39, 0.29) is 30.9 Å². The molecular weight excluding hydrogens is 568 g/mol. The van der Waals surface area contributed by atoms with E-state index in [1.165, 1.54) is 0 Å². The molecule has 18 heteroatoms. The first-order chi connectivity index (χ1) is 19.3. The summed E-state index contributed by atoms with van der Waals surface area (Å²) in [6.45, 7) is 0.324. The molecule has 1 rings (SSSR count). The Morgan fingerprint density at radius 3 is 1.93 bits per heavy atom. The molecule has 1 heterocycles. The maximum absolute atomic E-state index is 13.0. The van der Waals surface area contributed by atoms with Crippen molar-refractivity contribution in [3.63, 3.8) is 0 Å². The van der Waals surface area contributed by atoms with Crippen LogP contribution in [0.1, 0.15) is 51.4 Å².